The molecule has 2 amide bonds. The highest BCUT2D eigenvalue weighted by Gasteiger charge is 2.16. The van der Waals surface area contributed by atoms with Crippen LogP contribution in [0.1, 0.15) is 36.1 Å². The van der Waals surface area contributed by atoms with E-state index in [1.165, 1.54) is 13.3 Å². The Morgan fingerprint density at radius 3 is 2.39 bits per heavy atom. The summed E-state index contributed by atoms with van der Waals surface area (Å²) in [6.07, 6.45) is 3.37. The maximum Gasteiger partial charge on any atom is 0.222 e. The summed E-state index contributed by atoms with van der Waals surface area (Å²) in [5, 5.41) is 9.85. The molecule has 0 saturated carbocycles. The highest BCUT2D eigenvalue weighted by Crippen LogP contribution is 2.16. The summed E-state index contributed by atoms with van der Waals surface area (Å²) in [5.41, 5.74) is 3.02. The first-order chi connectivity index (χ1) is 13.6. The fourth-order valence-electron chi connectivity index (χ4n) is 2.91. The Morgan fingerprint density at radius 1 is 1.04 bits per heavy atom. The third kappa shape index (κ3) is 5.77. The van der Waals surface area contributed by atoms with Crippen LogP contribution in [0.25, 0.3) is 0 Å². The number of benzene rings is 2. The summed E-state index contributed by atoms with van der Waals surface area (Å²) < 4.78 is 1.75. The number of carbonyl (C=O) groups excluding carboxylic acids is 2. The van der Waals surface area contributed by atoms with Crippen molar-refractivity contribution < 1.29 is 9.59 Å². The van der Waals surface area contributed by atoms with E-state index in [9.17, 15) is 9.59 Å². The number of carbonyl (C=O) groups is 2. The van der Waals surface area contributed by atoms with Crippen LogP contribution >= 0.6 is 0 Å². The molecule has 2 N–H and O–H groups in total. The second-order valence-corrected chi connectivity index (χ2v) is 6.55. The van der Waals surface area contributed by atoms with Gasteiger partial charge < -0.3 is 10.6 Å². The fraction of sp³-hybridized carbons (Fsp3) is 0.238. The molecule has 1 unspecified atom stereocenters. The van der Waals surface area contributed by atoms with Crippen molar-refractivity contribution in [3.05, 3.63) is 83.9 Å². The van der Waals surface area contributed by atoms with Gasteiger partial charge in [-0.3, -0.25) is 9.59 Å². The van der Waals surface area contributed by atoms with Crippen molar-refractivity contribution in [1.82, 2.24) is 25.4 Å². The van der Waals surface area contributed by atoms with Gasteiger partial charge in [0.2, 0.25) is 11.8 Å². The van der Waals surface area contributed by atoms with Crippen LogP contribution in [-0.2, 0) is 22.7 Å². The van der Waals surface area contributed by atoms with Gasteiger partial charge in [0.05, 0.1) is 19.0 Å². The van der Waals surface area contributed by atoms with Gasteiger partial charge in [0.15, 0.2) is 0 Å². The molecule has 144 valence electrons. The summed E-state index contributed by atoms with van der Waals surface area (Å²) in [5.74, 6) is -0.279. The molecule has 0 aliphatic rings. The molecule has 0 aliphatic heterocycles. The normalized spacial score (nSPS) is 11.6. The molecule has 0 spiro atoms. The number of rotatable bonds is 8. The Labute approximate surface area is 163 Å². The van der Waals surface area contributed by atoms with E-state index in [2.05, 4.69) is 20.7 Å². The lowest BCUT2D eigenvalue weighted by Crippen LogP contribution is -2.32. The molecule has 7 heteroatoms. The van der Waals surface area contributed by atoms with Gasteiger partial charge in [0.25, 0.3) is 0 Å². The number of hydrogen-bond acceptors (Lipinski definition) is 4. The van der Waals surface area contributed by atoms with E-state index >= 15 is 0 Å². The minimum atomic E-state index is -0.344. The van der Waals surface area contributed by atoms with Crippen LogP contribution in [0.4, 0.5) is 0 Å². The minimum absolute atomic E-state index is 0.116. The highest BCUT2D eigenvalue weighted by atomic mass is 16.2. The lowest BCUT2D eigenvalue weighted by atomic mass is 10.0. The molecule has 1 heterocycles. The summed E-state index contributed by atoms with van der Waals surface area (Å²) in [6, 6.07) is 17.1. The van der Waals surface area contributed by atoms with Crippen molar-refractivity contribution >= 4 is 11.8 Å². The summed E-state index contributed by atoms with van der Waals surface area (Å²) >= 11 is 0. The van der Waals surface area contributed by atoms with Crippen LogP contribution in [0, 0.1) is 0 Å². The first-order valence-electron chi connectivity index (χ1n) is 9.09. The second kappa shape index (κ2) is 9.45. The standard InChI is InChI=1S/C21H23N5O2/c1-16(27)25-20(19-5-3-2-4-6-19)11-21(28)23-12-17-7-9-18(10-8-17)13-26-15-22-14-24-26/h2-10,14-15,20H,11-13H2,1H3,(H,23,28)(H,25,27). The summed E-state index contributed by atoms with van der Waals surface area (Å²) in [6.45, 7) is 2.54. The Balaban J connectivity index is 1.53. The Bertz CT molecular complexity index is 892. The molecule has 3 aromatic rings. The molecular formula is C21H23N5O2. The van der Waals surface area contributed by atoms with Crippen LogP contribution in [0.3, 0.4) is 0 Å². The third-order valence-electron chi connectivity index (χ3n) is 4.29. The van der Waals surface area contributed by atoms with Crippen LogP contribution in [-0.4, -0.2) is 26.6 Å². The quantitative estimate of drug-likeness (QED) is 0.630. The lowest BCUT2D eigenvalue weighted by molar-refractivity contribution is -0.122. The number of hydrogen-bond donors (Lipinski definition) is 2. The van der Waals surface area contributed by atoms with E-state index < -0.39 is 0 Å². The molecule has 28 heavy (non-hydrogen) atoms. The van der Waals surface area contributed by atoms with Gasteiger partial charge in [-0.2, -0.15) is 5.10 Å². The van der Waals surface area contributed by atoms with E-state index in [-0.39, 0.29) is 24.3 Å². The summed E-state index contributed by atoms with van der Waals surface area (Å²) in [4.78, 5) is 27.8. The van der Waals surface area contributed by atoms with E-state index in [0.29, 0.717) is 13.1 Å². The Morgan fingerprint density at radius 2 is 1.75 bits per heavy atom. The first kappa shape index (κ1) is 19.3. The highest BCUT2D eigenvalue weighted by molar-refractivity contribution is 5.79. The molecule has 0 bridgehead atoms. The average Bonchev–Trinajstić information content (AvgIpc) is 3.20. The smallest absolute Gasteiger partial charge is 0.222 e. The van der Waals surface area contributed by atoms with Gasteiger partial charge in [0.1, 0.15) is 12.7 Å². The topological polar surface area (TPSA) is 88.9 Å². The molecule has 0 aliphatic carbocycles. The lowest BCUT2D eigenvalue weighted by Gasteiger charge is -2.18. The van der Waals surface area contributed by atoms with Gasteiger partial charge in [0, 0.05) is 13.5 Å². The van der Waals surface area contributed by atoms with Crippen molar-refractivity contribution in [3.63, 3.8) is 0 Å². The molecule has 0 radical (unpaired) electrons. The number of nitrogens with zero attached hydrogens (tertiary/aromatic N) is 3. The van der Waals surface area contributed by atoms with Crippen molar-refractivity contribution in [3.8, 4) is 0 Å². The van der Waals surface area contributed by atoms with Gasteiger partial charge in [-0.25, -0.2) is 9.67 Å². The first-order valence-corrected chi connectivity index (χ1v) is 9.09. The SMILES string of the molecule is CC(=O)NC(CC(=O)NCc1ccc(Cn2cncn2)cc1)c1ccccc1. The maximum absolute atomic E-state index is 12.4. The molecule has 7 nitrogen and oxygen atoms in total. The molecule has 3 rings (SSSR count). The zero-order valence-electron chi connectivity index (χ0n) is 15.7. The molecular weight excluding hydrogens is 354 g/mol. The second-order valence-electron chi connectivity index (χ2n) is 6.55. The predicted molar refractivity (Wildman–Crippen MR) is 105 cm³/mol. The number of nitrogens with one attached hydrogen (secondary N) is 2. The van der Waals surface area contributed by atoms with E-state index in [1.54, 1.807) is 11.0 Å². The van der Waals surface area contributed by atoms with Crippen LogP contribution in [0.5, 0.6) is 0 Å². The van der Waals surface area contributed by atoms with E-state index in [4.69, 9.17) is 0 Å². The molecule has 2 aromatic carbocycles. The van der Waals surface area contributed by atoms with Gasteiger partial charge in [-0.05, 0) is 16.7 Å². The largest absolute Gasteiger partial charge is 0.352 e. The maximum atomic E-state index is 12.4. The van der Waals surface area contributed by atoms with Crippen molar-refractivity contribution in [2.75, 3.05) is 0 Å². The van der Waals surface area contributed by atoms with Crippen molar-refractivity contribution in [2.45, 2.75) is 32.5 Å². The van der Waals surface area contributed by atoms with E-state index in [1.807, 2.05) is 54.6 Å². The molecule has 0 saturated heterocycles. The number of aromatic nitrogens is 3. The monoisotopic (exact) mass is 377 g/mol. The van der Waals surface area contributed by atoms with Crippen LogP contribution in [0.15, 0.2) is 67.3 Å². The Kier molecular flexibility index (Phi) is 6.51. The third-order valence-corrected chi connectivity index (χ3v) is 4.29. The van der Waals surface area contributed by atoms with Crippen molar-refractivity contribution in [1.29, 1.82) is 0 Å². The number of amides is 2. The molecule has 1 aromatic heterocycles. The van der Waals surface area contributed by atoms with Crippen LogP contribution in [0.2, 0.25) is 0 Å². The van der Waals surface area contributed by atoms with Crippen molar-refractivity contribution in [2.24, 2.45) is 0 Å². The zero-order chi connectivity index (χ0) is 19.8. The molecule has 0 fully saturated rings. The summed E-state index contributed by atoms with van der Waals surface area (Å²) in [7, 11) is 0. The molecule has 1 atom stereocenters. The predicted octanol–water partition coefficient (Wildman–Crippen LogP) is 2.21. The average molecular weight is 377 g/mol. The van der Waals surface area contributed by atoms with Gasteiger partial charge in [-0.1, -0.05) is 54.6 Å². The van der Waals surface area contributed by atoms with E-state index in [0.717, 1.165) is 16.7 Å². The minimum Gasteiger partial charge on any atom is -0.352 e. The van der Waals surface area contributed by atoms with Crippen LogP contribution < -0.4 is 10.6 Å². The Hall–Kier alpha value is -3.48. The van der Waals surface area contributed by atoms with Gasteiger partial charge >= 0.3 is 0 Å². The fourth-order valence-corrected chi connectivity index (χ4v) is 2.91. The zero-order valence-corrected chi connectivity index (χ0v) is 15.7. The van der Waals surface area contributed by atoms with Gasteiger partial charge in [-0.15, -0.1) is 0 Å².